The van der Waals surface area contributed by atoms with Crippen LogP contribution in [0.1, 0.15) is 22.6 Å². The predicted molar refractivity (Wildman–Crippen MR) is 95.9 cm³/mol. The molecule has 1 aliphatic heterocycles. The molecule has 0 spiro atoms. The van der Waals surface area contributed by atoms with Crippen LogP contribution in [-0.4, -0.2) is 12.6 Å². The summed E-state index contributed by atoms with van der Waals surface area (Å²) in [7, 11) is 0. The summed E-state index contributed by atoms with van der Waals surface area (Å²) in [5.74, 6) is 1.42. The molecule has 1 heterocycles. The molecule has 0 N–H and O–H groups in total. The summed E-state index contributed by atoms with van der Waals surface area (Å²) < 4.78 is 11.6. The molecule has 3 nitrogen and oxygen atoms in total. The molecule has 4 rings (SSSR count). The van der Waals surface area contributed by atoms with Crippen LogP contribution in [0.15, 0.2) is 78.9 Å². The molecule has 1 aliphatic rings. The number of hydrogen-bond acceptors (Lipinski definition) is 3. The maximum atomic E-state index is 12.2. The lowest BCUT2D eigenvalue weighted by atomic mass is 9.88. The number of rotatable bonds is 4. The Hall–Kier alpha value is -3.07. The van der Waals surface area contributed by atoms with E-state index in [1.807, 2.05) is 78.9 Å². The second-order valence-corrected chi connectivity index (χ2v) is 6.08. The fourth-order valence-electron chi connectivity index (χ4n) is 3.18. The Labute approximate surface area is 146 Å². The van der Waals surface area contributed by atoms with Gasteiger partial charge in [-0.3, -0.25) is 4.79 Å². The molecule has 0 saturated heterocycles. The van der Waals surface area contributed by atoms with Gasteiger partial charge in [0.25, 0.3) is 0 Å². The molecular formula is C22H18O3. The molecule has 3 aromatic rings. The predicted octanol–water partition coefficient (Wildman–Crippen LogP) is 4.71. The third-order valence-electron chi connectivity index (χ3n) is 4.41. The van der Waals surface area contributed by atoms with Crippen molar-refractivity contribution in [2.75, 3.05) is 6.61 Å². The normalized spacial score (nSPS) is 12.6. The van der Waals surface area contributed by atoms with Crippen molar-refractivity contribution >= 4 is 5.97 Å². The SMILES string of the molecule is O=C(Cc1ccccc1)OCC1c2ccccc2Oc2ccccc21. The second-order valence-electron chi connectivity index (χ2n) is 6.08. The van der Waals surface area contributed by atoms with Crippen LogP contribution in [0.3, 0.4) is 0 Å². The minimum atomic E-state index is -0.215. The van der Waals surface area contributed by atoms with Crippen molar-refractivity contribution < 1.29 is 14.3 Å². The van der Waals surface area contributed by atoms with Gasteiger partial charge in [-0.05, 0) is 17.7 Å². The third kappa shape index (κ3) is 3.26. The fourth-order valence-corrected chi connectivity index (χ4v) is 3.18. The van der Waals surface area contributed by atoms with Crippen molar-refractivity contribution in [2.24, 2.45) is 0 Å². The zero-order valence-corrected chi connectivity index (χ0v) is 13.7. The average molecular weight is 330 g/mol. The van der Waals surface area contributed by atoms with Crippen molar-refractivity contribution in [2.45, 2.75) is 12.3 Å². The number of fused-ring (bicyclic) bond motifs is 2. The van der Waals surface area contributed by atoms with Gasteiger partial charge >= 0.3 is 5.97 Å². The Morgan fingerprint density at radius 1 is 0.800 bits per heavy atom. The lowest BCUT2D eigenvalue weighted by Gasteiger charge is -2.27. The third-order valence-corrected chi connectivity index (χ3v) is 4.41. The minimum Gasteiger partial charge on any atom is -0.464 e. The van der Waals surface area contributed by atoms with E-state index in [9.17, 15) is 4.79 Å². The lowest BCUT2D eigenvalue weighted by molar-refractivity contribution is -0.143. The first-order valence-electron chi connectivity index (χ1n) is 8.36. The van der Waals surface area contributed by atoms with E-state index in [0.717, 1.165) is 28.2 Å². The number of esters is 1. The first-order valence-corrected chi connectivity index (χ1v) is 8.36. The largest absolute Gasteiger partial charge is 0.464 e. The monoisotopic (exact) mass is 330 g/mol. The highest BCUT2D eigenvalue weighted by molar-refractivity contribution is 5.72. The van der Waals surface area contributed by atoms with Crippen LogP contribution < -0.4 is 4.74 Å². The first kappa shape index (κ1) is 15.5. The maximum absolute atomic E-state index is 12.2. The van der Waals surface area contributed by atoms with Crippen molar-refractivity contribution in [1.29, 1.82) is 0 Å². The summed E-state index contributed by atoms with van der Waals surface area (Å²) in [6.45, 7) is 0.309. The van der Waals surface area contributed by atoms with Gasteiger partial charge in [0.2, 0.25) is 0 Å². The number of carbonyl (C=O) groups is 1. The summed E-state index contributed by atoms with van der Waals surface area (Å²) >= 11 is 0. The van der Waals surface area contributed by atoms with Crippen LogP contribution in [0, 0.1) is 0 Å². The highest BCUT2D eigenvalue weighted by Gasteiger charge is 2.27. The maximum Gasteiger partial charge on any atom is 0.310 e. The summed E-state index contributed by atoms with van der Waals surface area (Å²) in [6, 6.07) is 25.5. The fraction of sp³-hybridized carbons (Fsp3) is 0.136. The van der Waals surface area contributed by atoms with Crippen LogP contribution in [0.25, 0.3) is 0 Å². The van der Waals surface area contributed by atoms with E-state index in [2.05, 4.69) is 0 Å². The topological polar surface area (TPSA) is 35.5 Å². The molecule has 124 valence electrons. The molecule has 0 radical (unpaired) electrons. The van der Waals surface area contributed by atoms with Gasteiger partial charge in [-0.15, -0.1) is 0 Å². The molecule has 0 aromatic heterocycles. The van der Waals surface area contributed by atoms with Gasteiger partial charge in [-0.2, -0.15) is 0 Å². The van der Waals surface area contributed by atoms with Crippen molar-refractivity contribution in [3.8, 4) is 11.5 Å². The van der Waals surface area contributed by atoms with E-state index in [0.29, 0.717) is 6.61 Å². The molecule has 0 aliphatic carbocycles. The molecule has 0 fully saturated rings. The molecule has 0 bridgehead atoms. The molecule has 0 amide bonds. The molecule has 25 heavy (non-hydrogen) atoms. The number of benzene rings is 3. The minimum absolute atomic E-state index is 0.0131. The Kier molecular flexibility index (Phi) is 4.21. The number of hydrogen-bond donors (Lipinski definition) is 0. The number of carbonyl (C=O) groups excluding carboxylic acids is 1. The highest BCUT2D eigenvalue weighted by Crippen LogP contribution is 2.43. The zero-order valence-electron chi connectivity index (χ0n) is 13.7. The molecule has 3 heteroatoms. The van der Waals surface area contributed by atoms with Crippen molar-refractivity contribution in [3.05, 3.63) is 95.6 Å². The Balaban J connectivity index is 1.53. The van der Waals surface area contributed by atoms with Crippen LogP contribution >= 0.6 is 0 Å². The number of para-hydroxylation sites is 2. The molecule has 0 unspecified atom stereocenters. The quantitative estimate of drug-likeness (QED) is 0.650. The van der Waals surface area contributed by atoms with E-state index in [-0.39, 0.29) is 18.3 Å². The molecule has 0 saturated carbocycles. The smallest absolute Gasteiger partial charge is 0.310 e. The summed E-state index contributed by atoms with van der Waals surface area (Å²) in [5.41, 5.74) is 3.06. The summed E-state index contributed by atoms with van der Waals surface area (Å²) in [4.78, 5) is 12.2. The summed E-state index contributed by atoms with van der Waals surface area (Å²) in [5, 5.41) is 0. The first-order chi connectivity index (χ1) is 12.3. The van der Waals surface area contributed by atoms with Gasteiger partial charge in [0, 0.05) is 11.1 Å². The molecular weight excluding hydrogens is 312 g/mol. The Morgan fingerprint density at radius 3 is 2.00 bits per heavy atom. The van der Waals surface area contributed by atoms with E-state index < -0.39 is 0 Å². The van der Waals surface area contributed by atoms with Crippen LogP contribution in [-0.2, 0) is 16.0 Å². The van der Waals surface area contributed by atoms with E-state index >= 15 is 0 Å². The van der Waals surface area contributed by atoms with E-state index in [1.54, 1.807) is 0 Å². The zero-order chi connectivity index (χ0) is 17.1. The van der Waals surface area contributed by atoms with Gasteiger partial charge in [0.15, 0.2) is 0 Å². The molecule has 0 atom stereocenters. The van der Waals surface area contributed by atoms with Crippen LogP contribution in [0.5, 0.6) is 11.5 Å². The van der Waals surface area contributed by atoms with Crippen molar-refractivity contribution in [1.82, 2.24) is 0 Å². The second kappa shape index (κ2) is 6.81. The van der Waals surface area contributed by atoms with Gasteiger partial charge in [-0.1, -0.05) is 66.7 Å². The number of ether oxygens (including phenoxy) is 2. The Morgan fingerprint density at radius 2 is 1.36 bits per heavy atom. The van der Waals surface area contributed by atoms with Crippen LogP contribution in [0.4, 0.5) is 0 Å². The van der Waals surface area contributed by atoms with Gasteiger partial charge < -0.3 is 9.47 Å². The highest BCUT2D eigenvalue weighted by atomic mass is 16.5. The standard InChI is InChI=1S/C22H18O3/c23-22(14-16-8-2-1-3-9-16)24-15-19-17-10-4-6-12-20(17)25-21-13-7-5-11-18(19)21/h1-13,19H,14-15H2. The van der Waals surface area contributed by atoms with E-state index in [4.69, 9.17) is 9.47 Å². The lowest BCUT2D eigenvalue weighted by Crippen LogP contribution is -2.18. The Bertz CT molecular complexity index is 841. The van der Waals surface area contributed by atoms with Gasteiger partial charge in [0.1, 0.15) is 18.1 Å². The van der Waals surface area contributed by atoms with Crippen LogP contribution in [0.2, 0.25) is 0 Å². The van der Waals surface area contributed by atoms with Gasteiger partial charge in [-0.25, -0.2) is 0 Å². The summed E-state index contributed by atoms with van der Waals surface area (Å²) in [6.07, 6.45) is 0.285. The van der Waals surface area contributed by atoms with Crippen molar-refractivity contribution in [3.63, 3.8) is 0 Å². The average Bonchev–Trinajstić information content (AvgIpc) is 2.66. The van der Waals surface area contributed by atoms with Gasteiger partial charge in [0.05, 0.1) is 12.3 Å². The molecule has 3 aromatic carbocycles. The van der Waals surface area contributed by atoms with E-state index in [1.165, 1.54) is 0 Å².